The number of esters is 1. The predicted molar refractivity (Wildman–Crippen MR) is 81.0 cm³/mol. The Labute approximate surface area is 124 Å². The Morgan fingerprint density at radius 1 is 1.33 bits per heavy atom. The summed E-state index contributed by atoms with van der Waals surface area (Å²) in [4.78, 5) is 11.9. The fourth-order valence-electron chi connectivity index (χ4n) is 2.27. The van der Waals surface area contributed by atoms with Crippen molar-refractivity contribution in [1.82, 2.24) is 15.1 Å². The second-order valence-electron chi connectivity index (χ2n) is 4.89. The number of carbonyl (C=O) groups excluding carboxylic acids is 1. The van der Waals surface area contributed by atoms with Gasteiger partial charge in [0.2, 0.25) is 0 Å². The van der Waals surface area contributed by atoms with Crippen LogP contribution in [0.25, 0.3) is 0 Å². The predicted octanol–water partition coefficient (Wildman–Crippen LogP) is 1.51. The van der Waals surface area contributed by atoms with Crippen molar-refractivity contribution in [2.75, 3.05) is 20.2 Å². The van der Waals surface area contributed by atoms with Gasteiger partial charge >= 0.3 is 5.97 Å². The van der Waals surface area contributed by atoms with Crippen molar-refractivity contribution in [3.8, 4) is 0 Å². The van der Waals surface area contributed by atoms with E-state index in [1.807, 2.05) is 48.1 Å². The van der Waals surface area contributed by atoms with E-state index >= 15 is 0 Å². The van der Waals surface area contributed by atoms with Crippen molar-refractivity contribution in [2.24, 2.45) is 7.05 Å². The lowest BCUT2D eigenvalue weighted by atomic mass is 9.99. The minimum atomic E-state index is -0.275. The molecule has 0 aliphatic heterocycles. The molecule has 2 rings (SSSR count). The number of benzene rings is 1. The number of rotatable bonds is 7. The van der Waals surface area contributed by atoms with Crippen LogP contribution in [-0.4, -0.2) is 35.9 Å². The Kier molecular flexibility index (Phi) is 5.51. The second-order valence-corrected chi connectivity index (χ2v) is 4.89. The maximum absolute atomic E-state index is 11.9. The molecule has 1 heterocycles. The molecule has 0 saturated heterocycles. The van der Waals surface area contributed by atoms with E-state index in [1.54, 1.807) is 6.20 Å². The second kappa shape index (κ2) is 7.59. The molecule has 21 heavy (non-hydrogen) atoms. The summed E-state index contributed by atoms with van der Waals surface area (Å²) < 4.78 is 6.75. The van der Waals surface area contributed by atoms with Gasteiger partial charge in [-0.3, -0.25) is 9.48 Å². The molecular formula is C16H21N3O2. The highest BCUT2D eigenvalue weighted by molar-refractivity contribution is 5.78. The number of nitrogens with zero attached hydrogens (tertiary/aromatic N) is 2. The molecule has 0 bridgehead atoms. The zero-order valence-corrected chi connectivity index (χ0v) is 12.5. The summed E-state index contributed by atoms with van der Waals surface area (Å²) in [6.45, 7) is 1.36. The van der Waals surface area contributed by atoms with Crippen molar-refractivity contribution in [2.45, 2.75) is 12.3 Å². The minimum Gasteiger partial charge on any atom is -0.469 e. The summed E-state index contributed by atoms with van der Waals surface area (Å²) in [5, 5.41) is 7.46. The monoisotopic (exact) mass is 287 g/mol. The van der Waals surface area contributed by atoms with Crippen LogP contribution in [0.3, 0.4) is 0 Å². The molecule has 0 radical (unpaired) electrons. The Hall–Kier alpha value is -2.14. The smallest absolute Gasteiger partial charge is 0.314 e. The van der Waals surface area contributed by atoms with E-state index in [-0.39, 0.29) is 11.9 Å². The lowest BCUT2D eigenvalue weighted by molar-refractivity contribution is -0.142. The number of aromatic nitrogens is 2. The van der Waals surface area contributed by atoms with Gasteiger partial charge in [0.25, 0.3) is 0 Å². The van der Waals surface area contributed by atoms with Crippen molar-refractivity contribution < 1.29 is 9.53 Å². The summed E-state index contributed by atoms with van der Waals surface area (Å²) in [6, 6.07) is 11.7. The molecule has 1 N–H and O–H groups in total. The summed E-state index contributed by atoms with van der Waals surface area (Å²) in [6.07, 6.45) is 2.66. The van der Waals surface area contributed by atoms with E-state index in [9.17, 15) is 4.79 Å². The first kappa shape index (κ1) is 15.3. The average molecular weight is 287 g/mol. The molecule has 112 valence electrons. The molecule has 0 spiro atoms. The number of carbonyl (C=O) groups is 1. The topological polar surface area (TPSA) is 56.1 Å². The fourth-order valence-corrected chi connectivity index (χ4v) is 2.27. The summed E-state index contributed by atoms with van der Waals surface area (Å²) >= 11 is 0. The van der Waals surface area contributed by atoms with E-state index in [0.29, 0.717) is 6.54 Å². The molecule has 0 saturated carbocycles. The molecule has 0 amide bonds. The van der Waals surface area contributed by atoms with Gasteiger partial charge in [0.05, 0.1) is 13.0 Å². The SMILES string of the molecule is COC(=O)C(CNCCc1ccnn1C)c1ccccc1. The maximum Gasteiger partial charge on any atom is 0.314 e. The molecule has 5 nitrogen and oxygen atoms in total. The van der Waals surface area contributed by atoms with E-state index in [2.05, 4.69) is 10.4 Å². The molecule has 1 aromatic heterocycles. The van der Waals surface area contributed by atoms with Crippen LogP contribution in [0.4, 0.5) is 0 Å². The lowest BCUT2D eigenvalue weighted by Gasteiger charge is -2.15. The Balaban J connectivity index is 1.88. The number of hydrogen-bond acceptors (Lipinski definition) is 4. The van der Waals surface area contributed by atoms with E-state index in [1.165, 1.54) is 7.11 Å². The Morgan fingerprint density at radius 3 is 2.71 bits per heavy atom. The molecule has 0 aliphatic carbocycles. The molecule has 0 fully saturated rings. The maximum atomic E-state index is 11.9. The van der Waals surface area contributed by atoms with E-state index in [4.69, 9.17) is 4.74 Å². The van der Waals surface area contributed by atoms with Crippen molar-refractivity contribution in [1.29, 1.82) is 0 Å². The third-order valence-corrected chi connectivity index (χ3v) is 3.52. The van der Waals surface area contributed by atoms with Crippen molar-refractivity contribution >= 4 is 5.97 Å². The Morgan fingerprint density at radius 2 is 2.10 bits per heavy atom. The van der Waals surface area contributed by atoms with Crippen LogP contribution >= 0.6 is 0 Å². The third-order valence-electron chi connectivity index (χ3n) is 3.52. The van der Waals surface area contributed by atoms with Gasteiger partial charge in [0.1, 0.15) is 0 Å². The van der Waals surface area contributed by atoms with E-state index < -0.39 is 0 Å². The number of hydrogen-bond donors (Lipinski definition) is 1. The van der Waals surface area contributed by atoms with Gasteiger partial charge in [-0.05, 0) is 11.6 Å². The van der Waals surface area contributed by atoms with Gasteiger partial charge in [-0.15, -0.1) is 0 Å². The molecule has 2 aromatic rings. The van der Waals surface area contributed by atoms with Crippen LogP contribution < -0.4 is 5.32 Å². The van der Waals surface area contributed by atoms with Gasteiger partial charge < -0.3 is 10.1 Å². The third kappa shape index (κ3) is 4.16. The van der Waals surface area contributed by atoms with Crippen LogP contribution in [-0.2, 0) is 23.0 Å². The minimum absolute atomic E-state index is 0.214. The van der Waals surface area contributed by atoms with Crippen molar-refractivity contribution in [3.63, 3.8) is 0 Å². The Bertz CT molecular complexity index is 566. The zero-order valence-electron chi connectivity index (χ0n) is 12.5. The van der Waals surface area contributed by atoms with Gasteiger partial charge in [-0.25, -0.2) is 0 Å². The first-order valence-electron chi connectivity index (χ1n) is 7.02. The van der Waals surface area contributed by atoms with Crippen LogP contribution in [0.5, 0.6) is 0 Å². The number of ether oxygens (including phenoxy) is 1. The molecule has 0 aliphatic rings. The van der Waals surface area contributed by atoms with Gasteiger partial charge in [-0.1, -0.05) is 30.3 Å². The molecule has 1 aromatic carbocycles. The first-order chi connectivity index (χ1) is 10.2. The highest BCUT2D eigenvalue weighted by Gasteiger charge is 2.20. The lowest BCUT2D eigenvalue weighted by Crippen LogP contribution is -2.29. The van der Waals surface area contributed by atoms with Crippen LogP contribution in [0.1, 0.15) is 17.2 Å². The highest BCUT2D eigenvalue weighted by Crippen LogP contribution is 2.16. The highest BCUT2D eigenvalue weighted by atomic mass is 16.5. The number of nitrogens with one attached hydrogen (secondary N) is 1. The molecular weight excluding hydrogens is 266 g/mol. The average Bonchev–Trinajstić information content (AvgIpc) is 2.93. The van der Waals surface area contributed by atoms with Gasteiger partial charge in [0.15, 0.2) is 0 Å². The van der Waals surface area contributed by atoms with Crippen LogP contribution in [0, 0.1) is 0 Å². The quantitative estimate of drug-likeness (QED) is 0.619. The zero-order chi connectivity index (χ0) is 15.1. The van der Waals surface area contributed by atoms with E-state index in [0.717, 1.165) is 24.2 Å². The van der Waals surface area contributed by atoms with Crippen LogP contribution in [0.15, 0.2) is 42.6 Å². The van der Waals surface area contributed by atoms with Gasteiger partial charge in [-0.2, -0.15) is 5.10 Å². The number of methoxy groups -OCH3 is 1. The van der Waals surface area contributed by atoms with Gasteiger partial charge in [0, 0.05) is 38.4 Å². The molecule has 5 heteroatoms. The largest absolute Gasteiger partial charge is 0.469 e. The van der Waals surface area contributed by atoms with Crippen LogP contribution in [0.2, 0.25) is 0 Å². The summed E-state index contributed by atoms with van der Waals surface area (Å²) in [5.74, 6) is -0.489. The first-order valence-corrected chi connectivity index (χ1v) is 7.02. The normalized spacial score (nSPS) is 12.1. The summed E-state index contributed by atoms with van der Waals surface area (Å²) in [7, 11) is 3.35. The fraction of sp³-hybridized carbons (Fsp3) is 0.375. The molecule has 1 unspecified atom stereocenters. The standard InChI is InChI=1S/C16H21N3O2/c1-19-14(9-11-18-19)8-10-17-12-15(16(20)21-2)13-6-4-3-5-7-13/h3-7,9,11,15,17H,8,10,12H2,1-2H3. The summed E-state index contributed by atoms with van der Waals surface area (Å²) in [5.41, 5.74) is 2.13. The number of aryl methyl sites for hydroxylation is 1. The molecule has 1 atom stereocenters. The van der Waals surface area contributed by atoms with Crippen molar-refractivity contribution in [3.05, 3.63) is 53.9 Å².